The molecule has 0 bridgehead atoms. The molecule has 0 aliphatic heterocycles. The van der Waals surface area contributed by atoms with Crippen molar-refractivity contribution in [3.63, 3.8) is 0 Å². The monoisotopic (exact) mass is 432 g/mol. The van der Waals surface area contributed by atoms with Crippen LogP contribution in [0.3, 0.4) is 0 Å². The minimum absolute atomic E-state index is 0.259. The summed E-state index contributed by atoms with van der Waals surface area (Å²) < 4.78 is 0.984. The first-order valence-electron chi connectivity index (χ1n) is 8.17. The van der Waals surface area contributed by atoms with Gasteiger partial charge in [0, 0.05) is 15.4 Å². The summed E-state index contributed by atoms with van der Waals surface area (Å²) in [7, 11) is 0. The number of fused-ring (bicyclic) bond motifs is 1. The van der Waals surface area contributed by atoms with Crippen molar-refractivity contribution in [1.82, 2.24) is 4.98 Å². The SMILES string of the molecule is N#C/C(=N/Nc1ccc(Br)cc1)c1nc(-c2ccc3ccccc3c2)cs1. The molecule has 0 fully saturated rings. The van der Waals surface area contributed by atoms with Crippen LogP contribution in [0.5, 0.6) is 0 Å². The summed E-state index contributed by atoms with van der Waals surface area (Å²) in [6, 6.07) is 24.1. The molecule has 27 heavy (non-hydrogen) atoms. The molecule has 0 aliphatic rings. The molecular formula is C21H13BrN4S. The van der Waals surface area contributed by atoms with Crippen molar-refractivity contribution in [3.05, 3.63) is 81.6 Å². The Balaban J connectivity index is 1.60. The molecule has 0 unspecified atom stereocenters. The predicted molar refractivity (Wildman–Crippen MR) is 115 cm³/mol. The Kier molecular flexibility index (Phi) is 4.97. The van der Waals surface area contributed by atoms with Gasteiger partial charge in [-0.3, -0.25) is 5.43 Å². The lowest BCUT2D eigenvalue weighted by molar-refractivity contribution is 1.31. The number of hydrazone groups is 1. The molecule has 4 aromatic rings. The number of halogens is 1. The van der Waals surface area contributed by atoms with E-state index in [4.69, 9.17) is 0 Å². The summed E-state index contributed by atoms with van der Waals surface area (Å²) >= 11 is 4.80. The van der Waals surface area contributed by atoms with E-state index in [0.717, 1.165) is 26.8 Å². The van der Waals surface area contributed by atoms with Gasteiger partial charge >= 0.3 is 0 Å². The van der Waals surface area contributed by atoms with E-state index in [0.29, 0.717) is 5.01 Å². The molecule has 0 atom stereocenters. The van der Waals surface area contributed by atoms with E-state index in [1.807, 2.05) is 47.8 Å². The van der Waals surface area contributed by atoms with E-state index in [2.05, 4.69) is 61.8 Å². The highest BCUT2D eigenvalue weighted by Crippen LogP contribution is 2.26. The van der Waals surface area contributed by atoms with Gasteiger partial charge in [0.05, 0.1) is 11.4 Å². The molecule has 0 radical (unpaired) electrons. The molecule has 4 nitrogen and oxygen atoms in total. The molecule has 0 saturated carbocycles. The topological polar surface area (TPSA) is 61.1 Å². The smallest absolute Gasteiger partial charge is 0.196 e. The van der Waals surface area contributed by atoms with Crippen LogP contribution < -0.4 is 5.43 Å². The van der Waals surface area contributed by atoms with Gasteiger partial charge in [-0.2, -0.15) is 10.4 Å². The van der Waals surface area contributed by atoms with Gasteiger partial charge in [0.1, 0.15) is 6.07 Å². The standard InChI is InChI=1S/C21H13BrN4S/c22-17-7-9-18(10-8-17)25-26-19(12-23)21-24-20(13-27-21)16-6-5-14-3-1-2-4-15(14)11-16/h1-11,13,25H/b26-19-. The third-order valence-corrected chi connectivity index (χ3v) is 5.38. The number of nitrogens with one attached hydrogen (secondary N) is 1. The fraction of sp³-hybridized carbons (Fsp3) is 0. The lowest BCUT2D eigenvalue weighted by atomic mass is 10.1. The molecule has 6 heteroatoms. The number of thiazole rings is 1. The Morgan fingerprint density at radius 2 is 1.81 bits per heavy atom. The van der Waals surface area contributed by atoms with Crippen LogP contribution in [0.2, 0.25) is 0 Å². The zero-order valence-electron chi connectivity index (χ0n) is 14.1. The summed E-state index contributed by atoms with van der Waals surface area (Å²) in [5, 5.41) is 18.6. The highest BCUT2D eigenvalue weighted by molar-refractivity contribution is 9.10. The second kappa shape index (κ2) is 7.70. The Hall–Kier alpha value is -3.01. The summed E-state index contributed by atoms with van der Waals surface area (Å²) in [5.41, 5.74) is 5.83. The zero-order valence-corrected chi connectivity index (χ0v) is 16.5. The number of nitrogens with zero attached hydrogens (tertiary/aromatic N) is 3. The van der Waals surface area contributed by atoms with Gasteiger partial charge < -0.3 is 0 Å². The van der Waals surface area contributed by atoms with Gasteiger partial charge in [0.15, 0.2) is 10.7 Å². The number of rotatable bonds is 4. The summed E-state index contributed by atoms with van der Waals surface area (Å²) in [4.78, 5) is 4.60. The molecule has 1 N–H and O–H groups in total. The molecule has 4 rings (SSSR count). The molecular weight excluding hydrogens is 420 g/mol. The van der Waals surface area contributed by atoms with Crippen LogP contribution in [-0.2, 0) is 0 Å². The van der Waals surface area contributed by atoms with Crippen molar-refractivity contribution in [2.24, 2.45) is 5.10 Å². The Morgan fingerprint density at radius 3 is 2.59 bits per heavy atom. The maximum Gasteiger partial charge on any atom is 0.196 e. The highest BCUT2D eigenvalue weighted by atomic mass is 79.9. The molecule has 0 amide bonds. The van der Waals surface area contributed by atoms with Crippen molar-refractivity contribution < 1.29 is 0 Å². The molecule has 130 valence electrons. The van der Waals surface area contributed by atoms with Crippen LogP contribution >= 0.6 is 27.3 Å². The minimum Gasteiger partial charge on any atom is -0.277 e. The molecule has 1 heterocycles. The van der Waals surface area contributed by atoms with Crippen molar-refractivity contribution in [1.29, 1.82) is 5.26 Å². The van der Waals surface area contributed by atoms with Gasteiger partial charge in [0.25, 0.3) is 0 Å². The number of hydrogen-bond acceptors (Lipinski definition) is 5. The van der Waals surface area contributed by atoms with Gasteiger partial charge in [0.2, 0.25) is 0 Å². The van der Waals surface area contributed by atoms with Gasteiger partial charge in [-0.1, -0.05) is 52.3 Å². The molecule has 0 aliphatic carbocycles. The van der Waals surface area contributed by atoms with E-state index in [1.165, 1.54) is 16.7 Å². The van der Waals surface area contributed by atoms with Crippen LogP contribution in [0.4, 0.5) is 5.69 Å². The summed E-state index contributed by atoms with van der Waals surface area (Å²) in [6.45, 7) is 0. The third-order valence-electron chi connectivity index (χ3n) is 4.00. The van der Waals surface area contributed by atoms with E-state index in [1.54, 1.807) is 0 Å². The quantitative estimate of drug-likeness (QED) is 0.314. The molecule has 3 aromatic carbocycles. The van der Waals surface area contributed by atoms with Gasteiger partial charge in [-0.25, -0.2) is 4.98 Å². The fourth-order valence-electron chi connectivity index (χ4n) is 2.63. The van der Waals surface area contributed by atoms with E-state index >= 15 is 0 Å². The number of nitriles is 1. The maximum atomic E-state index is 9.46. The maximum absolute atomic E-state index is 9.46. The number of benzene rings is 3. The van der Waals surface area contributed by atoms with Gasteiger partial charge in [-0.05, 0) is 41.1 Å². The molecule has 0 spiro atoms. The highest BCUT2D eigenvalue weighted by Gasteiger charge is 2.11. The average molecular weight is 433 g/mol. The second-order valence-electron chi connectivity index (χ2n) is 5.79. The Morgan fingerprint density at radius 1 is 1.04 bits per heavy atom. The zero-order chi connectivity index (χ0) is 18.6. The van der Waals surface area contributed by atoms with Crippen LogP contribution in [0, 0.1) is 11.3 Å². The van der Waals surface area contributed by atoms with E-state index in [-0.39, 0.29) is 5.71 Å². The normalized spacial score (nSPS) is 11.3. The molecule has 1 aromatic heterocycles. The Bertz CT molecular complexity index is 1170. The van der Waals surface area contributed by atoms with E-state index in [9.17, 15) is 5.26 Å². The van der Waals surface area contributed by atoms with Crippen molar-refractivity contribution in [3.8, 4) is 17.3 Å². The lowest BCUT2D eigenvalue weighted by Crippen LogP contribution is -2.01. The molecule has 0 saturated heterocycles. The van der Waals surface area contributed by atoms with Crippen LogP contribution in [-0.4, -0.2) is 10.7 Å². The second-order valence-corrected chi connectivity index (χ2v) is 7.56. The number of anilines is 1. The van der Waals surface area contributed by atoms with Crippen LogP contribution in [0.25, 0.3) is 22.0 Å². The first-order chi connectivity index (χ1) is 13.2. The summed E-state index contributed by atoms with van der Waals surface area (Å²) in [5.74, 6) is 0. The fourth-order valence-corrected chi connectivity index (χ4v) is 3.66. The third kappa shape index (κ3) is 3.90. The first-order valence-corrected chi connectivity index (χ1v) is 9.84. The number of hydrogen-bond donors (Lipinski definition) is 1. The van der Waals surface area contributed by atoms with E-state index < -0.39 is 0 Å². The van der Waals surface area contributed by atoms with Crippen molar-refractivity contribution >= 4 is 49.4 Å². The minimum atomic E-state index is 0.259. The van der Waals surface area contributed by atoms with Crippen LogP contribution in [0.1, 0.15) is 5.01 Å². The largest absolute Gasteiger partial charge is 0.277 e. The van der Waals surface area contributed by atoms with Crippen LogP contribution in [0.15, 0.2) is 81.7 Å². The van der Waals surface area contributed by atoms with Crippen molar-refractivity contribution in [2.75, 3.05) is 5.43 Å². The lowest BCUT2D eigenvalue weighted by Gasteiger charge is -2.01. The summed E-state index contributed by atoms with van der Waals surface area (Å²) in [6.07, 6.45) is 0. The Labute approximate surface area is 168 Å². The number of aromatic nitrogens is 1. The average Bonchev–Trinajstić information content (AvgIpc) is 3.19. The first kappa shape index (κ1) is 17.4. The van der Waals surface area contributed by atoms with Crippen molar-refractivity contribution in [2.45, 2.75) is 0 Å². The van der Waals surface area contributed by atoms with Gasteiger partial charge in [-0.15, -0.1) is 11.3 Å². The predicted octanol–water partition coefficient (Wildman–Crippen LogP) is 6.07.